The molecule has 1 aromatic heterocycles. The fourth-order valence-corrected chi connectivity index (χ4v) is 2.47. The Kier molecular flexibility index (Phi) is 3.94. The first-order valence-electron chi connectivity index (χ1n) is 5.57. The molecule has 0 aliphatic carbocycles. The predicted octanol–water partition coefficient (Wildman–Crippen LogP) is 2.18. The van der Waals surface area contributed by atoms with Crippen LogP contribution in [0.1, 0.15) is 6.92 Å². The first-order valence-corrected chi connectivity index (χ1v) is 6.39. The SMILES string of the molecule is CC=CCOC(=O)Cn1c(=O)sc2ccccc21. The van der Waals surface area contributed by atoms with Crippen molar-refractivity contribution in [1.82, 2.24) is 4.57 Å². The van der Waals surface area contributed by atoms with E-state index in [1.54, 1.807) is 12.2 Å². The summed E-state index contributed by atoms with van der Waals surface area (Å²) < 4.78 is 7.30. The van der Waals surface area contributed by atoms with Crippen LogP contribution in [0.2, 0.25) is 0 Å². The van der Waals surface area contributed by atoms with Crippen LogP contribution in [0.15, 0.2) is 41.2 Å². The van der Waals surface area contributed by atoms with Crippen molar-refractivity contribution in [2.75, 3.05) is 6.61 Å². The maximum absolute atomic E-state index is 11.8. The van der Waals surface area contributed by atoms with E-state index in [1.165, 1.54) is 4.57 Å². The topological polar surface area (TPSA) is 48.3 Å². The number of aromatic nitrogens is 1. The van der Waals surface area contributed by atoms with Gasteiger partial charge in [-0.05, 0) is 19.1 Å². The lowest BCUT2D eigenvalue weighted by Crippen LogP contribution is -2.20. The zero-order valence-electron chi connectivity index (χ0n) is 9.96. The number of carbonyl (C=O) groups is 1. The smallest absolute Gasteiger partial charge is 0.326 e. The van der Waals surface area contributed by atoms with Crippen molar-refractivity contribution >= 4 is 27.5 Å². The fourth-order valence-electron chi connectivity index (χ4n) is 1.58. The number of ether oxygens (including phenoxy) is 1. The van der Waals surface area contributed by atoms with Crippen LogP contribution in [0.25, 0.3) is 10.2 Å². The normalized spacial score (nSPS) is 11.2. The van der Waals surface area contributed by atoms with E-state index in [2.05, 4.69) is 0 Å². The molecule has 4 nitrogen and oxygen atoms in total. The second kappa shape index (κ2) is 5.64. The van der Waals surface area contributed by atoms with Crippen LogP contribution >= 0.6 is 11.3 Å². The van der Waals surface area contributed by atoms with Crippen LogP contribution in [0.3, 0.4) is 0 Å². The molecule has 2 rings (SSSR count). The maximum Gasteiger partial charge on any atom is 0.326 e. The van der Waals surface area contributed by atoms with Crippen LogP contribution in [0.4, 0.5) is 0 Å². The summed E-state index contributed by atoms with van der Waals surface area (Å²) in [6, 6.07) is 7.40. The molecule has 1 aromatic carbocycles. The lowest BCUT2D eigenvalue weighted by atomic mass is 10.3. The van der Waals surface area contributed by atoms with Crippen molar-refractivity contribution in [2.24, 2.45) is 0 Å². The molecule has 0 saturated heterocycles. The molecular formula is C13H13NO3S. The molecule has 0 radical (unpaired) electrons. The van der Waals surface area contributed by atoms with Gasteiger partial charge in [0.1, 0.15) is 13.2 Å². The number of allylic oxidation sites excluding steroid dienone is 1. The highest BCUT2D eigenvalue weighted by Gasteiger charge is 2.11. The Labute approximate surface area is 108 Å². The van der Waals surface area contributed by atoms with Gasteiger partial charge in [-0.25, -0.2) is 0 Å². The Morgan fingerprint density at radius 1 is 1.44 bits per heavy atom. The molecule has 0 spiro atoms. The van der Waals surface area contributed by atoms with Crippen LogP contribution in [0, 0.1) is 0 Å². The number of fused-ring (bicyclic) bond motifs is 1. The first kappa shape index (κ1) is 12.6. The molecule has 0 aliphatic heterocycles. The molecule has 0 amide bonds. The Morgan fingerprint density at radius 3 is 3.00 bits per heavy atom. The zero-order valence-corrected chi connectivity index (χ0v) is 10.8. The molecule has 0 bridgehead atoms. The molecular weight excluding hydrogens is 250 g/mol. The standard InChI is InChI=1S/C13H13NO3S/c1-2-3-8-17-12(15)9-14-10-6-4-5-7-11(10)18-13(14)16/h2-7H,8-9H2,1H3. The summed E-state index contributed by atoms with van der Waals surface area (Å²) in [6.45, 7) is 2.05. The Balaban J connectivity index is 2.19. The lowest BCUT2D eigenvalue weighted by molar-refractivity contribution is -0.143. The van der Waals surface area contributed by atoms with Crippen molar-refractivity contribution in [3.63, 3.8) is 0 Å². The minimum atomic E-state index is -0.404. The number of para-hydroxylation sites is 1. The van der Waals surface area contributed by atoms with Crippen molar-refractivity contribution in [3.8, 4) is 0 Å². The number of rotatable bonds is 4. The van der Waals surface area contributed by atoms with Gasteiger partial charge >= 0.3 is 10.8 Å². The van der Waals surface area contributed by atoms with Gasteiger partial charge in [-0.2, -0.15) is 0 Å². The van der Waals surface area contributed by atoms with Crippen molar-refractivity contribution < 1.29 is 9.53 Å². The van der Waals surface area contributed by atoms with Gasteiger partial charge < -0.3 is 4.74 Å². The van der Waals surface area contributed by atoms with Crippen molar-refractivity contribution in [2.45, 2.75) is 13.5 Å². The number of hydrogen-bond acceptors (Lipinski definition) is 4. The summed E-state index contributed by atoms with van der Waals surface area (Å²) in [5.41, 5.74) is 0.774. The summed E-state index contributed by atoms with van der Waals surface area (Å²) in [7, 11) is 0. The second-order valence-electron chi connectivity index (χ2n) is 3.67. The Bertz CT molecular complexity index is 639. The van der Waals surface area contributed by atoms with Gasteiger partial charge in [0.2, 0.25) is 0 Å². The first-order chi connectivity index (χ1) is 8.72. The highest BCUT2D eigenvalue weighted by atomic mass is 32.1. The zero-order chi connectivity index (χ0) is 13.0. The summed E-state index contributed by atoms with van der Waals surface area (Å²) in [5.74, 6) is -0.404. The van der Waals surface area contributed by atoms with E-state index in [0.29, 0.717) is 0 Å². The molecule has 0 aliphatic rings. The molecule has 2 aromatic rings. The van der Waals surface area contributed by atoms with Crippen LogP contribution in [-0.2, 0) is 16.1 Å². The van der Waals surface area contributed by atoms with Crippen LogP contribution in [0.5, 0.6) is 0 Å². The minimum Gasteiger partial charge on any atom is -0.460 e. The number of nitrogens with zero attached hydrogens (tertiary/aromatic N) is 1. The number of hydrogen-bond donors (Lipinski definition) is 0. The van der Waals surface area contributed by atoms with E-state index >= 15 is 0 Å². The second-order valence-corrected chi connectivity index (χ2v) is 4.67. The maximum atomic E-state index is 11.8. The average molecular weight is 263 g/mol. The number of carbonyl (C=O) groups excluding carboxylic acids is 1. The molecule has 0 unspecified atom stereocenters. The lowest BCUT2D eigenvalue weighted by Gasteiger charge is -2.03. The van der Waals surface area contributed by atoms with Gasteiger partial charge in [-0.3, -0.25) is 14.2 Å². The van der Waals surface area contributed by atoms with E-state index in [1.807, 2.05) is 31.2 Å². The molecule has 94 valence electrons. The quantitative estimate of drug-likeness (QED) is 0.627. The van der Waals surface area contributed by atoms with Crippen molar-refractivity contribution in [1.29, 1.82) is 0 Å². The third kappa shape index (κ3) is 2.68. The van der Waals surface area contributed by atoms with E-state index in [-0.39, 0.29) is 18.0 Å². The van der Waals surface area contributed by atoms with Gasteiger partial charge in [0.25, 0.3) is 0 Å². The summed E-state index contributed by atoms with van der Waals surface area (Å²) in [6.07, 6.45) is 3.55. The van der Waals surface area contributed by atoms with E-state index in [0.717, 1.165) is 21.6 Å². The molecule has 18 heavy (non-hydrogen) atoms. The number of thiazole rings is 1. The van der Waals surface area contributed by atoms with Crippen LogP contribution < -0.4 is 4.87 Å². The highest BCUT2D eigenvalue weighted by Crippen LogP contribution is 2.16. The number of esters is 1. The predicted molar refractivity (Wildman–Crippen MR) is 71.9 cm³/mol. The Morgan fingerprint density at radius 2 is 2.22 bits per heavy atom. The van der Waals surface area contributed by atoms with Gasteiger partial charge in [0, 0.05) is 0 Å². The molecule has 0 saturated carbocycles. The van der Waals surface area contributed by atoms with Gasteiger partial charge in [-0.1, -0.05) is 35.6 Å². The average Bonchev–Trinajstić information content (AvgIpc) is 2.67. The van der Waals surface area contributed by atoms with E-state index in [9.17, 15) is 9.59 Å². The molecule has 5 heteroatoms. The molecule has 0 atom stereocenters. The largest absolute Gasteiger partial charge is 0.460 e. The van der Waals surface area contributed by atoms with Crippen molar-refractivity contribution in [3.05, 3.63) is 46.1 Å². The monoisotopic (exact) mass is 263 g/mol. The minimum absolute atomic E-state index is 0.0413. The third-order valence-corrected chi connectivity index (χ3v) is 3.40. The van der Waals surface area contributed by atoms with E-state index in [4.69, 9.17) is 4.74 Å². The Hall–Kier alpha value is -1.88. The van der Waals surface area contributed by atoms with Gasteiger partial charge in [0.05, 0.1) is 10.2 Å². The van der Waals surface area contributed by atoms with Gasteiger partial charge in [0.15, 0.2) is 0 Å². The fraction of sp³-hybridized carbons (Fsp3) is 0.231. The van der Waals surface area contributed by atoms with Gasteiger partial charge in [-0.15, -0.1) is 0 Å². The summed E-state index contributed by atoms with van der Waals surface area (Å²) in [4.78, 5) is 23.2. The molecule has 1 heterocycles. The molecule has 0 N–H and O–H groups in total. The number of benzene rings is 1. The van der Waals surface area contributed by atoms with E-state index < -0.39 is 5.97 Å². The van der Waals surface area contributed by atoms with Crippen LogP contribution in [-0.4, -0.2) is 17.1 Å². The summed E-state index contributed by atoms with van der Waals surface area (Å²) >= 11 is 1.13. The third-order valence-electron chi connectivity index (χ3n) is 2.44. The molecule has 0 fully saturated rings. The highest BCUT2D eigenvalue weighted by molar-refractivity contribution is 7.16. The summed E-state index contributed by atoms with van der Waals surface area (Å²) in [5, 5.41) is 0.